The number of rotatable bonds is 9. The van der Waals surface area contributed by atoms with Gasteiger partial charge in [-0.15, -0.1) is 0 Å². The molecule has 6 heteroatoms. The maximum absolute atomic E-state index is 12.9. The van der Waals surface area contributed by atoms with Gasteiger partial charge in [0.05, 0.1) is 0 Å². The molecular weight excluding hydrogens is 404 g/mol. The Hall–Kier alpha value is -3.93. The predicted molar refractivity (Wildman–Crippen MR) is 123 cm³/mol. The Kier molecular flexibility index (Phi) is 8.15. The summed E-state index contributed by atoms with van der Waals surface area (Å²) < 4.78 is 5.30. The Labute approximate surface area is 187 Å². The normalized spacial score (nSPS) is 11.3. The first-order valence-corrected chi connectivity index (χ1v) is 10.4. The molecule has 3 rings (SSSR count). The number of carbonyl (C=O) groups is 3. The number of anilines is 1. The second kappa shape index (κ2) is 11.5. The number of hydrogen-bond donors (Lipinski definition) is 2. The van der Waals surface area contributed by atoms with Gasteiger partial charge in [0, 0.05) is 17.7 Å². The smallest absolute Gasteiger partial charge is 0.306 e. The third-order valence-electron chi connectivity index (χ3n) is 4.86. The minimum absolute atomic E-state index is 0.00606. The fourth-order valence-electron chi connectivity index (χ4n) is 3.04. The lowest BCUT2D eigenvalue weighted by molar-refractivity contribution is -0.145. The van der Waals surface area contributed by atoms with Crippen LogP contribution in [-0.4, -0.2) is 23.8 Å². The zero-order valence-electron chi connectivity index (χ0n) is 17.9. The molecular formula is C26H26N2O4. The molecule has 0 heterocycles. The monoisotopic (exact) mass is 430 g/mol. The average Bonchev–Trinajstić information content (AvgIpc) is 2.82. The highest BCUT2D eigenvalue weighted by molar-refractivity contribution is 6.01. The maximum atomic E-state index is 12.9. The Morgan fingerprint density at radius 1 is 0.844 bits per heavy atom. The van der Waals surface area contributed by atoms with Crippen molar-refractivity contribution in [3.8, 4) is 0 Å². The number of esters is 1. The lowest BCUT2D eigenvalue weighted by Crippen LogP contribution is -2.44. The van der Waals surface area contributed by atoms with Gasteiger partial charge in [-0.2, -0.15) is 0 Å². The Morgan fingerprint density at radius 3 is 2.12 bits per heavy atom. The summed E-state index contributed by atoms with van der Waals surface area (Å²) in [6.45, 7) is 2.12. The van der Waals surface area contributed by atoms with E-state index in [0.717, 1.165) is 11.1 Å². The van der Waals surface area contributed by atoms with Gasteiger partial charge in [0.15, 0.2) is 0 Å². The zero-order chi connectivity index (χ0) is 22.8. The first-order chi connectivity index (χ1) is 15.5. The van der Waals surface area contributed by atoms with E-state index in [2.05, 4.69) is 10.6 Å². The molecule has 0 fully saturated rings. The van der Waals surface area contributed by atoms with Crippen LogP contribution in [0.3, 0.4) is 0 Å². The number of carbonyl (C=O) groups excluding carboxylic acids is 3. The van der Waals surface area contributed by atoms with Crippen LogP contribution >= 0.6 is 0 Å². The highest BCUT2D eigenvalue weighted by Crippen LogP contribution is 2.12. The molecule has 0 radical (unpaired) electrons. The predicted octanol–water partition coefficient (Wildman–Crippen LogP) is 4.26. The molecule has 2 N–H and O–H groups in total. The van der Waals surface area contributed by atoms with Crippen LogP contribution in [0.1, 0.15) is 34.3 Å². The van der Waals surface area contributed by atoms with E-state index in [-0.39, 0.29) is 25.4 Å². The Morgan fingerprint density at radius 2 is 1.47 bits per heavy atom. The summed E-state index contributed by atoms with van der Waals surface area (Å²) in [5, 5.41) is 5.54. The summed E-state index contributed by atoms with van der Waals surface area (Å²) in [5.41, 5.74) is 3.00. The molecule has 3 aromatic carbocycles. The molecule has 0 aliphatic carbocycles. The van der Waals surface area contributed by atoms with Gasteiger partial charge in [0.1, 0.15) is 12.6 Å². The molecule has 0 aromatic heterocycles. The molecule has 0 aliphatic rings. The summed E-state index contributed by atoms with van der Waals surface area (Å²) in [6.07, 6.45) is 0.109. The van der Waals surface area contributed by atoms with E-state index in [1.165, 1.54) is 0 Å². The molecule has 3 aromatic rings. The number of benzene rings is 3. The lowest BCUT2D eigenvalue weighted by atomic mass is 10.1. The molecule has 0 spiro atoms. The first-order valence-electron chi connectivity index (χ1n) is 10.4. The molecule has 0 bridgehead atoms. The highest BCUT2D eigenvalue weighted by atomic mass is 16.5. The molecule has 0 unspecified atom stereocenters. The van der Waals surface area contributed by atoms with Gasteiger partial charge in [-0.05, 0) is 43.2 Å². The van der Waals surface area contributed by atoms with E-state index in [4.69, 9.17) is 4.74 Å². The summed E-state index contributed by atoms with van der Waals surface area (Å²) in [6, 6.07) is 24.4. The van der Waals surface area contributed by atoms with Crippen molar-refractivity contribution in [2.75, 3.05) is 5.32 Å². The van der Waals surface area contributed by atoms with E-state index in [0.29, 0.717) is 11.3 Å². The van der Waals surface area contributed by atoms with Gasteiger partial charge in [0.2, 0.25) is 5.91 Å². The van der Waals surface area contributed by atoms with Gasteiger partial charge in [0.25, 0.3) is 5.91 Å². The van der Waals surface area contributed by atoms with Crippen molar-refractivity contribution in [3.63, 3.8) is 0 Å². The van der Waals surface area contributed by atoms with Crippen LogP contribution < -0.4 is 10.6 Å². The number of ether oxygens (including phenoxy) is 1. The van der Waals surface area contributed by atoms with E-state index in [1.807, 2.05) is 49.4 Å². The van der Waals surface area contributed by atoms with Crippen LogP contribution in [0.2, 0.25) is 0 Å². The molecule has 164 valence electrons. The first kappa shape index (κ1) is 22.7. The summed E-state index contributed by atoms with van der Waals surface area (Å²) in [5.74, 6) is -1.21. The van der Waals surface area contributed by atoms with E-state index < -0.39 is 17.9 Å². The van der Waals surface area contributed by atoms with Crippen molar-refractivity contribution in [1.29, 1.82) is 0 Å². The number of hydrogen-bond acceptors (Lipinski definition) is 4. The summed E-state index contributed by atoms with van der Waals surface area (Å²) in [7, 11) is 0. The topological polar surface area (TPSA) is 84.5 Å². The molecule has 0 saturated carbocycles. The second-order valence-corrected chi connectivity index (χ2v) is 7.43. The molecule has 6 nitrogen and oxygen atoms in total. The van der Waals surface area contributed by atoms with Crippen molar-refractivity contribution in [2.45, 2.75) is 32.4 Å². The molecule has 0 saturated heterocycles. The SMILES string of the molecule is Cc1ccc(NC(=O)[C@@H](CCC(=O)OCc2ccccc2)NC(=O)c2ccccc2)cc1. The minimum atomic E-state index is -0.895. The molecule has 32 heavy (non-hydrogen) atoms. The van der Waals surface area contributed by atoms with Gasteiger partial charge >= 0.3 is 5.97 Å². The van der Waals surface area contributed by atoms with E-state index in [1.54, 1.807) is 42.5 Å². The number of amides is 2. The third kappa shape index (κ3) is 7.09. The summed E-state index contributed by atoms with van der Waals surface area (Å²) >= 11 is 0. The van der Waals surface area contributed by atoms with Crippen molar-refractivity contribution in [3.05, 3.63) is 102 Å². The Bertz CT molecular complexity index is 1030. The standard InChI is InChI=1S/C26H26N2O4/c1-19-12-14-22(15-13-19)27-26(31)23(28-25(30)21-10-6-3-7-11-21)16-17-24(29)32-18-20-8-4-2-5-9-20/h2-15,23H,16-18H2,1H3,(H,27,31)(H,28,30)/t23-/m1/s1. The van der Waals surface area contributed by atoms with Crippen molar-refractivity contribution < 1.29 is 19.1 Å². The van der Waals surface area contributed by atoms with Crippen LogP contribution in [-0.2, 0) is 20.9 Å². The largest absolute Gasteiger partial charge is 0.461 e. The maximum Gasteiger partial charge on any atom is 0.306 e. The van der Waals surface area contributed by atoms with E-state index >= 15 is 0 Å². The van der Waals surface area contributed by atoms with Crippen molar-refractivity contribution in [2.24, 2.45) is 0 Å². The fraction of sp³-hybridized carbons (Fsp3) is 0.192. The van der Waals surface area contributed by atoms with Crippen LogP contribution in [0.5, 0.6) is 0 Å². The van der Waals surface area contributed by atoms with Crippen molar-refractivity contribution in [1.82, 2.24) is 5.32 Å². The van der Waals surface area contributed by atoms with Crippen LogP contribution in [0.4, 0.5) is 5.69 Å². The van der Waals surface area contributed by atoms with Gasteiger partial charge in [-0.25, -0.2) is 0 Å². The average molecular weight is 431 g/mol. The second-order valence-electron chi connectivity index (χ2n) is 7.43. The van der Waals surface area contributed by atoms with Crippen LogP contribution in [0.25, 0.3) is 0 Å². The number of aryl methyl sites for hydroxylation is 1. The summed E-state index contributed by atoms with van der Waals surface area (Å²) in [4.78, 5) is 37.7. The molecule has 0 aliphatic heterocycles. The number of nitrogens with one attached hydrogen (secondary N) is 2. The minimum Gasteiger partial charge on any atom is -0.461 e. The quantitative estimate of drug-likeness (QED) is 0.497. The zero-order valence-corrected chi connectivity index (χ0v) is 17.9. The molecule has 1 atom stereocenters. The van der Waals surface area contributed by atoms with Crippen LogP contribution in [0, 0.1) is 6.92 Å². The van der Waals surface area contributed by atoms with Gasteiger partial charge in [-0.1, -0.05) is 66.2 Å². The van der Waals surface area contributed by atoms with E-state index in [9.17, 15) is 14.4 Å². The fourth-order valence-corrected chi connectivity index (χ4v) is 3.04. The lowest BCUT2D eigenvalue weighted by Gasteiger charge is -2.18. The van der Waals surface area contributed by atoms with Gasteiger partial charge in [-0.3, -0.25) is 14.4 Å². The third-order valence-corrected chi connectivity index (χ3v) is 4.86. The van der Waals surface area contributed by atoms with Crippen LogP contribution in [0.15, 0.2) is 84.9 Å². The van der Waals surface area contributed by atoms with Crippen molar-refractivity contribution >= 4 is 23.5 Å². The Balaban J connectivity index is 1.62. The van der Waals surface area contributed by atoms with Gasteiger partial charge < -0.3 is 15.4 Å². The highest BCUT2D eigenvalue weighted by Gasteiger charge is 2.23. The molecule has 2 amide bonds.